The Kier molecular flexibility index (Phi) is 8.38. The number of nitrogens with zero attached hydrogens (tertiary/aromatic N) is 1. The number of thiophene rings is 1. The first-order valence-corrected chi connectivity index (χ1v) is 13.6. The number of hydrogen-bond acceptors (Lipinski definition) is 6. The van der Waals surface area contributed by atoms with Gasteiger partial charge in [-0.3, -0.25) is 14.9 Å². The second kappa shape index (κ2) is 11.7. The molecule has 8 heteroatoms. The Bertz CT molecular complexity index is 1310. The van der Waals surface area contributed by atoms with Crippen LogP contribution in [0, 0.1) is 24.0 Å². The molecule has 1 fully saturated rings. The summed E-state index contributed by atoms with van der Waals surface area (Å²) < 4.78 is 5.49. The topological polar surface area (TPSA) is 98.5 Å². The number of esters is 1. The SMILES string of the molecule is CCCOC(=O)c1c(NC(=O)c2ccc(C)c([N+](=O)[O-])c2)sc(C)c1-c1ccc(C2CCCCC2)cc1. The van der Waals surface area contributed by atoms with Gasteiger partial charge < -0.3 is 10.1 Å². The van der Waals surface area contributed by atoms with Crippen LogP contribution in [0.5, 0.6) is 0 Å². The number of rotatable bonds is 8. The number of benzene rings is 2. The minimum atomic E-state index is -0.520. The van der Waals surface area contributed by atoms with Crippen LogP contribution in [0.3, 0.4) is 0 Å². The molecule has 1 aliphatic rings. The predicted octanol–water partition coefficient (Wildman–Crippen LogP) is 7.81. The van der Waals surface area contributed by atoms with Crippen LogP contribution < -0.4 is 5.32 Å². The number of aryl methyl sites for hydroxylation is 2. The van der Waals surface area contributed by atoms with Crippen molar-refractivity contribution in [3.63, 3.8) is 0 Å². The molecule has 0 unspecified atom stereocenters. The molecule has 37 heavy (non-hydrogen) atoms. The highest BCUT2D eigenvalue weighted by Crippen LogP contribution is 2.42. The molecule has 2 aromatic carbocycles. The van der Waals surface area contributed by atoms with Gasteiger partial charge in [-0.1, -0.05) is 56.5 Å². The average molecular weight is 521 g/mol. The minimum Gasteiger partial charge on any atom is -0.462 e. The predicted molar refractivity (Wildman–Crippen MR) is 147 cm³/mol. The Labute approximate surface area is 221 Å². The van der Waals surface area contributed by atoms with Gasteiger partial charge in [-0.2, -0.15) is 0 Å². The summed E-state index contributed by atoms with van der Waals surface area (Å²) in [7, 11) is 0. The Morgan fingerprint density at radius 1 is 1.08 bits per heavy atom. The van der Waals surface area contributed by atoms with Crippen LogP contribution in [0.1, 0.15) is 88.1 Å². The van der Waals surface area contributed by atoms with Gasteiger partial charge in [0.05, 0.1) is 11.5 Å². The molecule has 4 rings (SSSR count). The van der Waals surface area contributed by atoms with Crippen LogP contribution in [-0.2, 0) is 4.74 Å². The lowest BCUT2D eigenvalue weighted by Gasteiger charge is -2.22. The number of amides is 1. The van der Waals surface area contributed by atoms with Crippen LogP contribution in [0.2, 0.25) is 0 Å². The van der Waals surface area contributed by atoms with Crippen LogP contribution in [0.15, 0.2) is 42.5 Å². The highest BCUT2D eigenvalue weighted by Gasteiger charge is 2.27. The molecule has 1 saturated carbocycles. The quantitative estimate of drug-likeness (QED) is 0.186. The molecule has 1 aromatic heterocycles. The third kappa shape index (κ3) is 5.91. The summed E-state index contributed by atoms with van der Waals surface area (Å²) in [6.07, 6.45) is 6.91. The van der Waals surface area contributed by atoms with E-state index in [2.05, 4.69) is 17.4 Å². The molecule has 1 heterocycles. The Morgan fingerprint density at radius 3 is 2.43 bits per heavy atom. The monoisotopic (exact) mass is 520 g/mol. The zero-order valence-electron chi connectivity index (χ0n) is 21.5. The smallest absolute Gasteiger partial charge is 0.341 e. The lowest BCUT2D eigenvalue weighted by atomic mass is 9.83. The summed E-state index contributed by atoms with van der Waals surface area (Å²) in [6.45, 7) is 5.73. The molecule has 0 radical (unpaired) electrons. The molecule has 0 atom stereocenters. The largest absolute Gasteiger partial charge is 0.462 e. The second-order valence-corrected chi connectivity index (χ2v) is 10.8. The van der Waals surface area contributed by atoms with Gasteiger partial charge in [0.2, 0.25) is 0 Å². The zero-order chi connectivity index (χ0) is 26.5. The van der Waals surface area contributed by atoms with Gasteiger partial charge in [0.15, 0.2) is 0 Å². The van der Waals surface area contributed by atoms with Gasteiger partial charge in [0.25, 0.3) is 11.6 Å². The zero-order valence-corrected chi connectivity index (χ0v) is 22.3. The summed E-state index contributed by atoms with van der Waals surface area (Å²) in [5, 5.41) is 14.5. The van der Waals surface area contributed by atoms with Gasteiger partial charge >= 0.3 is 5.97 Å². The molecular weight excluding hydrogens is 488 g/mol. The molecule has 194 valence electrons. The molecule has 0 spiro atoms. The number of carbonyl (C=O) groups is 2. The van der Waals surface area contributed by atoms with E-state index in [4.69, 9.17) is 4.74 Å². The molecule has 0 saturated heterocycles. The van der Waals surface area contributed by atoms with E-state index in [1.54, 1.807) is 13.0 Å². The number of anilines is 1. The third-order valence-electron chi connectivity index (χ3n) is 6.90. The van der Waals surface area contributed by atoms with E-state index in [1.807, 2.05) is 26.0 Å². The van der Waals surface area contributed by atoms with Gasteiger partial charge in [0.1, 0.15) is 10.6 Å². The Hall–Kier alpha value is -3.52. The first-order valence-electron chi connectivity index (χ1n) is 12.8. The average Bonchev–Trinajstić information content (AvgIpc) is 3.23. The number of hydrogen-bond donors (Lipinski definition) is 1. The number of nitrogens with one attached hydrogen (secondary N) is 1. The van der Waals surface area contributed by atoms with E-state index in [0.29, 0.717) is 28.5 Å². The van der Waals surface area contributed by atoms with Crippen molar-refractivity contribution in [2.24, 2.45) is 0 Å². The van der Waals surface area contributed by atoms with E-state index in [-0.39, 0.29) is 17.9 Å². The minimum absolute atomic E-state index is 0.128. The first kappa shape index (κ1) is 26.5. The number of nitro benzene ring substituents is 1. The summed E-state index contributed by atoms with van der Waals surface area (Å²) >= 11 is 1.30. The van der Waals surface area contributed by atoms with Crippen LogP contribution in [0.4, 0.5) is 10.7 Å². The van der Waals surface area contributed by atoms with Crippen LogP contribution in [-0.4, -0.2) is 23.4 Å². The van der Waals surface area contributed by atoms with E-state index in [1.165, 1.54) is 61.1 Å². The Balaban J connectivity index is 1.69. The van der Waals surface area contributed by atoms with Crippen LogP contribution in [0.25, 0.3) is 11.1 Å². The van der Waals surface area contributed by atoms with Crippen molar-refractivity contribution in [1.82, 2.24) is 0 Å². The summed E-state index contributed by atoms with van der Waals surface area (Å²) in [5.41, 5.74) is 3.76. The second-order valence-electron chi connectivity index (χ2n) is 9.54. The van der Waals surface area contributed by atoms with Crippen molar-refractivity contribution >= 4 is 33.9 Å². The standard InChI is InChI=1S/C29H32N2O5S/c1-4-16-36-29(33)26-25(22-14-12-21(13-15-22)20-8-6-5-7-9-20)19(3)37-28(26)30-27(32)23-11-10-18(2)24(17-23)31(34)35/h10-15,17,20H,4-9,16H2,1-3H3,(H,30,32). The highest BCUT2D eigenvalue weighted by atomic mass is 32.1. The number of carbonyl (C=O) groups excluding carboxylic acids is 2. The van der Waals surface area contributed by atoms with Gasteiger partial charge in [0, 0.05) is 27.6 Å². The van der Waals surface area contributed by atoms with Gasteiger partial charge in [-0.05, 0) is 56.2 Å². The molecule has 7 nitrogen and oxygen atoms in total. The van der Waals surface area contributed by atoms with E-state index < -0.39 is 16.8 Å². The van der Waals surface area contributed by atoms with Gasteiger partial charge in [-0.25, -0.2) is 4.79 Å². The van der Waals surface area contributed by atoms with Crippen LogP contribution >= 0.6 is 11.3 Å². The molecule has 1 N–H and O–H groups in total. The van der Waals surface area contributed by atoms with E-state index >= 15 is 0 Å². The van der Waals surface area contributed by atoms with Crippen molar-refractivity contribution in [2.75, 3.05) is 11.9 Å². The molecule has 0 bridgehead atoms. The van der Waals surface area contributed by atoms with Gasteiger partial charge in [-0.15, -0.1) is 11.3 Å². The first-order chi connectivity index (χ1) is 17.8. The fourth-order valence-electron chi connectivity index (χ4n) is 4.92. The maximum absolute atomic E-state index is 13.2. The van der Waals surface area contributed by atoms with Crippen molar-refractivity contribution in [3.05, 3.63) is 79.7 Å². The van der Waals surface area contributed by atoms with Crippen molar-refractivity contribution < 1.29 is 19.2 Å². The highest BCUT2D eigenvalue weighted by molar-refractivity contribution is 7.17. The molecule has 3 aromatic rings. The fraction of sp³-hybridized carbons (Fsp3) is 0.379. The van der Waals surface area contributed by atoms with E-state index in [0.717, 1.165) is 16.0 Å². The normalized spacial score (nSPS) is 13.8. The fourth-order valence-corrected chi connectivity index (χ4v) is 5.98. The van der Waals surface area contributed by atoms with Crippen molar-refractivity contribution in [2.45, 2.75) is 65.2 Å². The maximum Gasteiger partial charge on any atom is 0.341 e. The molecular formula is C29H32N2O5S. The molecule has 1 aliphatic carbocycles. The summed E-state index contributed by atoms with van der Waals surface area (Å²) in [6, 6.07) is 12.7. The van der Waals surface area contributed by atoms with E-state index in [9.17, 15) is 19.7 Å². The lowest BCUT2D eigenvalue weighted by Crippen LogP contribution is -2.15. The maximum atomic E-state index is 13.2. The Morgan fingerprint density at radius 2 is 1.78 bits per heavy atom. The number of ether oxygens (including phenoxy) is 1. The number of nitro groups is 1. The van der Waals surface area contributed by atoms with Crippen molar-refractivity contribution in [1.29, 1.82) is 0 Å². The molecule has 1 amide bonds. The van der Waals surface area contributed by atoms with Crippen molar-refractivity contribution in [3.8, 4) is 11.1 Å². The molecule has 0 aliphatic heterocycles. The third-order valence-corrected chi connectivity index (χ3v) is 7.92. The summed E-state index contributed by atoms with van der Waals surface area (Å²) in [4.78, 5) is 38.0. The summed E-state index contributed by atoms with van der Waals surface area (Å²) in [5.74, 6) is -0.440. The lowest BCUT2D eigenvalue weighted by molar-refractivity contribution is -0.385.